The van der Waals surface area contributed by atoms with Crippen molar-refractivity contribution in [3.63, 3.8) is 0 Å². The van der Waals surface area contributed by atoms with Gasteiger partial charge in [0, 0.05) is 15.1 Å². The number of nitrogens with zero attached hydrogens (tertiary/aromatic N) is 4. The maximum atomic E-state index is 13.8. The van der Waals surface area contributed by atoms with Gasteiger partial charge in [-0.2, -0.15) is 0 Å². The van der Waals surface area contributed by atoms with Crippen molar-refractivity contribution in [2.45, 2.75) is 36.6 Å². The van der Waals surface area contributed by atoms with Crippen LogP contribution in [0.5, 0.6) is 0 Å². The number of para-hydroxylation sites is 1. The van der Waals surface area contributed by atoms with E-state index in [9.17, 15) is 4.79 Å². The smallest absolute Gasteiger partial charge is 0.268 e. The van der Waals surface area contributed by atoms with Crippen molar-refractivity contribution in [1.82, 2.24) is 19.2 Å². The highest BCUT2D eigenvalue weighted by molar-refractivity contribution is 9.10. The van der Waals surface area contributed by atoms with E-state index < -0.39 is 0 Å². The minimum Gasteiger partial charge on any atom is -0.268 e. The Morgan fingerprint density at radius 2 is 1.78 bits per heavy atom. The summed E-state index contributed by atoms with van der Waals surface area (Å²) in [5, 5.41) is 10.7. The van der Waals surface area contributed by atoms with Crippen LogP contribution in [0.25, 0.3) is 21.7 Å². The predicted molar refractivity (Wildman–Crippen MR) is 134 cm³/mol. The molecule has 1 aliphatic rings. The number of aryl methyl sites for hydroxylation is 2. The molecular weight excluding hydrogens is 504 g/mol. The summed E-state index contributed by atoms with van der Waals surface area (Å²) in [4.78, 5) is 16.1. The molecule has 2 aromatic carbocycles. The van der Waals surface area contributed by atoms with Crippen LogP contribution in [-0.2, 0) is 18.6 Å². The minimum absolute atomic E-state index is 0.00922. The number of halogens is 1. The van der Waals surface area contributed by atoms with Crippen molar-refractivity contribution in [1.29, 1.82) is 0 Å². The molecule has 3 heterocycles. The van der Waals surface area contributed by atoms with E-state index in [-0.39, 0.29) is 5.56 Å². The summed E-state index contributed by atoms with van der Waals surface area (Å²) in [5.74, 6) is 1.36. The fraction of sp³-hybridized carbons (Fsp3) is 0.208. The summed E-state index contributed by atoms with van der Waals surface area (Å²) in [6, 6.07) is 18.1. The second-order valence-electron chi connectivity index (χ2n) is 7.90. The second-order valence-corrected chi connectivity index (χ2v) is 10.8. The summed E-state index contributed by atoms with van der Waals surface area (Å²) in [6.45, 7) is 0. The lowest BCUT2D eigenvalue weighted by Crippen LogP contribution is -2.22. The number of thiophene rings is 1. The maximum Gasteiger partial charge on any atom is 0.268 e. The van der Waals surface area contributed by atoms with E-state index in [4.69, 9.17) is 0 Å². The first-order valence-corrected chi connectivity index (χ1v) is 13.2. The van der Waals surface area contributed by atoms with Crippen molar-refractivity contribution in [2.75, 3.05) is 0 Å². The Kier molecular flexibility index (Phi) is 5.16. The van der Waals surface area contributed by atoms with Gasteiger partial charge >= 0.3 is 0 Å². The van der Waals surface area contributed by atoms with Crippen molar-refractivity contribution >= 4 is 55.0 Å². The molecule has 1 aliphatic carbocycles. The van der Waals surface area contributed by atoms with Crippen molar-refractivity contribution in [3.8, 4) is 5.69 Å². The highest BCUT2D eigenvalue weighted by atomic mass is 79.9. The van der Waals surface area contributed by atoms with Crippen LogP contribution in [0.1, 0.15) is 28.8 Å². The van der Waals surface area contributed by atoms with Crippen LogP contribution in [0.15, 0.2) is 69.0 Å². The molecule has 0 saturated heterocycles. The zero-order valence-electron chi connectivity index (χ0n) is 17.1. The normalized spacial score (nSPS) is 13.7. The molecule has 0 radical (unpaired) electrons. The van der Waals surface area contributed by atoms with Crippen LogP contribution in [0.4, 0.5) is 0 Å². The van der Waals surface area contributed by atoms with E-state index in [1.54, 1.807) is 27.7 Å². The first-order valence-electron chi connectivity index (χ1n) is 10.6. The SMILES string of the molecule is O=c1c2c3c(sc2n2c(SCc4ccc(Br)cc4)nnc2n1-c1ccccc1)CCCC3. The Balaban J connectivity index is 1.58. The highest BCUT2D eigenvalue weighted by Crippen LogP contribution is 2.37. The summed E-state index contributed by atoms with van der Waals surface area (Å²) < 4.78 is 4.88. The van der Waals surface area contributed by atoms with Gasteiger partial charge in [0.1, 0.15) is 4.83 Å². The van der Waals surface area contributed by atoms with Crippen LogP contribution < -0.4 is 5.56 Å². The number of hydrogen-bond donors (Lipinski definition) is 0. The van der Waals surface area contributed by atoms with Crippen LogP contribution in [0.3, 0.4) is 0 Å². The lowest BCUT2D eigenvalue weighted by atomic mass is 9.97. The lowest BCUT2D eigenvalue weighted by molar-refractivity contribution is 0.699. The molecule has 5 aromatic rings. The van der Waals surface area contributed by atoms with Gasteiger partial charge in [0.25, 0.3) is 5.56 Å². The van der Waals surface area contributed by atoms with Crippen LogP contribution >= 0.6 is 39.0 Å². The monoisotopic (exact) mass is 522 g/mol. The molecule has 32 heavy (non-hydrogen) atoms. The maximum absolute atomic E-state index is 13.8. The van der Waals surface area contributed by atoms with Crippen molar-refractivity contribution in [3.05, 3.63) is 85.4 Å². The molecule has 0 aliphatic heterocycles. The fourth-order valence-electron chi connectivity index (χ4n) is 4.35. The Hall–Kier alpha value is -2.42. The van der Waals surface area contributed by atoms with E-state index in [1.807, 2.05) is 30.3 Å². The van der Waals surface area contributed by atoms with Crippen LogP contribution in [0.2, 0.25) is 0 Å². The Bertz CT molecular complexity index is 1500. The number of hydrogen-bond acceptors (Lipinski definition) is 5. The molecule has 0 saturated carbocycles. The molecule has 0 unspecified atom stereocenters. The number of aromatic nitrogens is 4. The highest BCUT2D eigenvalue weighted by Gasteiger charge is 2.25. The molecule has 0 bridgehead atoms. The predicted octanol–water partition coefficient (Wildman–Crippen LogP) is 6.03. The van der Waals surface area contributed by atoms with Gasteiger partial charge in [0.15, 0.2) is 5.16 Å². The summed E-state index contributed by atoms with van der Waals surface area (Å²) >= 11 is 6.89. The third-order valence-electron chi connectivity index (χ3n) is 5.88. The molecule has 0 amide bonds. The lowest BCUT2D eigenvalue weighted by Gasteiger charge is -2.12. The van der Waals surface area contributed by atoms with Gasteiger partial charge in [0.05, 0.1) is 11.1 Å². The molecule has 0 fully saturated rings. The van der Waals surface area contributed by atoms with E-state index in [0.717, 1.165) is 50.5 Å². The number of benzene rings is 2. The fourth-order valence-corrected chi connectivity index (χ4v) is 6.94. The summed E-state index contributed by atoms with van der Waals surface area (Å²) in [6.07, 6.45) is 4.33. The average molecular weight is 523 g/mol. The van der Waals surface area contributed by atoms with Crippen molar-refractivity contribution < 1.29 is 0 Å². The minimum atomic E-state index is 0.00922. The van der Waals surface area contributed by atoms with Gasteiger partial charge in [-0.15, -0.1) is 21.5 Å². The third-order valence-corrected chi connectivity index (χ3v) is 8.69. The van der Waals surface area contributed by atoms with Gasteiger partial charge in [-0.1, -0.05) is 58.0 Å². The third kappa shape index (κ3) is 3.32. The average Bonchev–Trinajstić information content (AvgIpc) is 3.41. The second kappa shape index (κ2) is 8.17. The van der Waals surface area contributed by atoms with Gasteiger partial charge in [-0.25, -0.2) is 8.97 Å². The van der Waals surface area contributed by atoms with Gasteiger partial charge < -0.3 is 0 Å². The molecular formula is C24H19BrN4OS2. The Morgan fingerprint density at radius 3 is 2.59 bits per heavy atom. The molecule has 160 valence electrons. The zero-order valence-corrected chi connectivity index (χ0v) is 20.3. The first kappa shape index (κ1) is 20.2. The van der Waals surface area contributed by atoms with E-state index >= 15 is 0 Å². The molecule has 6 rings (SSSR count). The standard InChI is InChI=1S/C24H19BrN4OS2/c25-16-12-10-15(11-13-16)14-31-24-27-26-23-28(17-6-2-1-3-7-17)21(30)20-18-8-4-5-9-19(18)32-22(20)29(23)24/h1-3,6-7,10-13H,4-5,8-9,14H2. The van der Waals surface area contributed by atoms with Crippen LogP contribution in [0, 0.1) is 0 Å². The van der Waals surface area contributed by atoms with Crippen LogP contribution in [-0.4, -0.2) is 19.2 Å². The molecule has 0 spiro atoms. The number of rotatable bonds is 4. The molecule has 8 heteroatoms. The summed E-state index contributed by atoms with van der Waals surface area (Å²) in [5.41, 5.74) is 3.27. The Labute approximate surface area is 201 Å². The first-order chi connectivity index (χ1) is 15.7. The number of thioether (sulfide) groups is 1. The topological polar surface area (TPSA) is 52.2 Å². The van der Waals surface area contributed by atoms with Crippen molar-refractivity contribution in [2.24, 2.45) is 0 Å². The van der Waals surface area contributed by atoms with E-state index in [0.29, 0.717) is 5.78 Å². The van der Waals surface area contributed by atoms with Gasteiger partial charge in [-0.3, -0.25) is 4.79 Å². The van der Waals surface area contributed by atoms with E-state index in [1.165, 1.54) is 22.4 Å². The Morgan fingerprint density at radius 1 is 1.00 bits per heavy atom. The summed E-state index contributed by atoms with van der Waals surface area (Å²) in [7, 11) is 0. The molecule has 5 nitrogen and oxygen atoms in total. The molecule has 3 aromatic heterocycles. The largest absolute Gasteiger partial charge is 0.268 e. The van der Waals surface area contributed by atoms with Gasteiger partial charge in [0.2, 0.25) is 5.78 Å². The molecule has 0 N–H and O–H groups in total. The van der Waals surface area contributed by atoms with Gasteiger partial charge in [-0.05, 0) is 61.1 Å². The molecule has 0 atom stereocenters. The number of fused-ring (bicyclic) bond motifs is 5. The zero-order chi connectivity index (χ0) is 21.7. The van der Waals surface area contributed by atoms with E-state index in [2.05, 4.69) is 54.8 Å². The quantitative estimate of drug-likeness (QED) is 0.270.